The molecule has 0 saturated carbocycles. The van der Waals surface area contributed by atoms with E-state index in [9.17, 15) is 25.2 Å². The van der Waals surface area contributed by atoms with Gasteiger partial charge in [-0.05, 0) is 52.6 Å². The van der Waals surface area contributed by atoms with Crippen LogP contribution in [0.25, 0.3) is 0 Å². The molecule has 3 aliphatic heterocycles. The predicted molar refractivity (Wildman–Crippen MR) is 129 cm³/mol. The Hall–Kier alpha value is -2.11. The van der Waals surface area contributed by atoms with Crippen molar-refractivity contribution in [3.05, 3.63) is 17.2 Å². The molecule has 1 amide bonds. The van der Waals surface area contributed by atoms with Crippen LogP contribution in [0.4, 0.5) is 5.69 Å². The molecule has 3 heterocycles. The minimum Gasteiger partial charge on any atom is -0.505 e. The number of phenols is 1. The van der Waals surface area contributed by atoms with Crippen LogP contribution in [0, 0.1) is 12.8 Å². The van der Waals surface area contributed by atoms with Crippen LogP contribution in [0.15, 0.2) is 6.07 Å². The molecule has 0 aliphatic carbocycles. The number of hydrogen-bond donors (Lipinski definition) is 6. The molecule has 0 radical (unpaired) electrons. The third-order valence-electron chi connectivity index (χ3n) is 7.91. The number of aliphatic hydroxyl groups is 3. The summed E-state index contributed by atoms with van der Waals surface area (Å²) < 4.78 is 11.8. The lowest BCUT2D eigenvalue weighted by Gasteiger charge is -2.47. The molecule has 4 rings (SSSR count). The number of carbonyl (C=O) groups excluding carboxylic acids is 1. The molecule has 8 atom stereocenters. The van der Waals surface area contributed by atoms with Crippen molar-refractivity contribution in [3.63, 3.8) is 0 Å². The number of phenolic OH excluding ortho intramolecular Hbond substituents is 1. The molecule has 10 nitrogen and oxygen atoms in total. The molecule has 2 saturated heterocycles. The average Bonchev–Trinajstić information content (AvgIpc) is 3.21. The Morgan fingerprint density at radius 2 is 2.09 bits per heavy atom. The van der Waals surface area contributed by atoms with Crippen LogP contribution in [-0.4, -0.2) is 87.2 Å². The minimum atomic E-state index is -1.55. The first-order valence-electron chi connectivity index (χ1n) is 12.5. The van der Waals surface area contributed by atoms with Gasteiger partial charge in [0, 0.05) is 12.1 Å². The van der Waals surface area contributed by atoms with Gasteiger partial charge in [0.05, 0.1) is 29.4 Å². The fourth-order valence-electron chi connectivity index (χ4n) is 5.81. The van der Waals surface area contributed by atoms with E-state index in [4.69, 9.17) is 9.47 Å². The Morgan fingerprint density at radius 1 is 1.37 bits per heavy atom. The molecule has 0 aromatic heterocycles. The molecule has 0 spiro atoms. The molecule has 196 valence electrons. The van der Waals surface area contributed by atoms with Crippen LogP contribution >= 0.6 is 0 Å². The van der Waals surface area contributed by atoms with E-state index in [1.54, 1.807) is 25.8 Å². The second kappa shape index (κ2) is 9.74. The van der Waals surface area contributed by atoms with E-state index in [2.05, 4.69) is 17.6 Å². The fraction of sp³-hybridized carbons (Fsp3) is 0.720. The highest BCUT2D eigenvalue weighted by molar-refractivity contribution is 6.03. The van der Waals surface area contributed by atoms with E-state index in [-0.39, 0.29) is 28.7 Å². The van der Waals surface area contributed by atoms with Crippen molar-refractivity contribution in [2.24, 2.45) is 5.92 Å². The van der Waals surface area contributed by atoms with Gasteiger partial charge in [0.15, 0.2) is 0 Å². The maximum atomic E-state index is 13.6. The molecule has 10 heteroatoms. The summed E-state index contributed by atoms with van der Waals surface area (Å²) >= 11 is 0. The largest absolute Gasteiger partial charge is 0.505 e. The van der Waals surface area contributed by atoms with Gasteiger partial charge in [0.1, 0.15) is 29.4 Å². The first-order chi connectivity index (χ1) is 16.5. The summed E-state index contributed by atoms with van der Waals surface area (Å²) in [5.74, 6) is -0.0481. The number of aromatic hydroxyl groups is 1. The zero-order valence-electron chi connectivity index (χ0n) is 21.1. The van der Waals surface area contributed by atoms with Crippen LogP contribution in [0.2, 0.25) is 0 Å². The zero-order chi connectivity index (χ0) is 25.7. The molecule has 1 aromatic carbocycles. The third kappa shape index (κ3) is 4.46. The smallest absolute Gasteiger partial charge is 0.256 e. The van der Waals surface area contributed by atoms with Gasteiger partial charge in [-0.25, -0.2) is 0 Å². The number of hydrogen-bond acceptors (Lipinski definition) is 9. The van der Waals surface area contributed by atoms with Gasteiger partial charge in [0.25, 0.3) is 5.91 Å². The van der Waals surface area contributed by atoms with Gasteiger partial charge in [-0.1, -0.05) is 19.8 Å². The van der Waals surface area contributed by atoms with E-state index in [1.165, 1.54) is 13.0 Å². The Morgan fingerprint density at radius 3 is 2.74 bits per heavy atom. The van der Waals surface area contributed by atoms with E-state index >= 15 is 0 Å². The molecule has 6 N–H and O–H groups in total. The minimum absolute atomic E-state index is 0.154. The first-order valence-corrected chi connectivity index (χ1v) is 12.5. The van der Waals surface area contributed by atoms with Gasteiger partial charge in [0.2, 0.25) is 6.29 Å². The molecule has 3 aliphatic rings. The standard InChI is InChI=1S/C25H39N3O7/c1-6-7-8-14-9-16-22(31)27-18-15(23(32)28(16)11-14)10-17(12(2)19(18)29)35-24-21(30)25(4,33)20(26-5)13(3)34-24/h10,13-14,16,20-22,24,26-27,29-31,33H,6-9,11H2,1-5H3. The number of aliphatic hydroxyl groups excluding tert-OH is 2. The van der Waals surface area contributed by atoms with E-state index in [0.717, 1.165) is 19.3 Å². The summed E-state index contributed by atoms with van der Waals surface area (Å²) in [7, 11) is 1.67. The number of nitrogens with one attached hydrogen (secondary N) is 2. The van der Waals surface area contributed by atoms with Crippen LogP contribution in [0.3, 0.4) is 0 Å². The highest BCUT2D eigenvalue weighted by Gasteiger charge is 2.52. The molecule has 35 heavy (non-hydrogen) atoms. The zero-order valence-corrected chi connectivity index (χ0v) is 21.1. The number of anilines is 1. The van der Waals surface area contributed by atoms with Gasteiger partial charge in [-0.3, -0.25) is 4.79 Å². The summed E-state index contributed by atoms with van der Waals surface area (Å²) in [6.07, 6.45) is -0.290. The average molecular weight is 494 g/mol. The fourth-order valence-corrected chi connectivity index (χ4v) is 5.81. The van der Waals surface area contributed by atoms with Crippen molar-refractivity contribution in [3.8, 4) is 11.5 Å². The topological polar surface area (TPSA) is 144 Å². The summed E-state index contributed by atoms with van der Waals surface area (Å²) in [6.45, 7) is 7.55. The molecular weight excluding hydrogens is 454 g/mol. The van der Waals surface area contributed by atoms with Crippen molar-refractivity contribution in [1.82, 2.24) is 10.2 Å². The van der Waals surface area contributed by atoms with Crippen LogP contribution < -0.4 is 15.4 Å². The van der Waals surface area contributed by atoms with Crippen molar-refractivity contribution in [2.75, 3.05) is 18.9 Å². The number of fused-ring (bicyclic) bond motifs is 2. The highest BCUT2D eigenvalue weighted by Crippen LogP contribution is 2.44. The van der Waals surface area contributed by atoms with Crippen molar-refractivity contribution < 1.29 is 34.7 Å². The van der Waals surface area contributed by atoms with E-state index in [1.807, 2.05) is 0 Å². The Bertz CT molecular complexity index is 955. The lowest BCUT2D eigenvalue weighted by molar-refractivity contribution is -0.272. The van der Waals surface area contributed by atoms with Gasteiger partial charge >= 0.3 is 0 Å². The van der Waals surface area contributed by atoms with Crippen LogP contribution in [-0.2, 0) is 4.74 Å². The van der Waals surface area contributed by atoms with Gasteiger partial charge < -0.3 is 45.4 Å². The predicted octanol–water partition coefficient (Wildman–Crippen LogP) is 1.29. The third-order valence-corrected chi connectivity index (χ3v) is 7.91. The molecule has 8 unspecified atom stereocenters. The van der Waals surface area contributed by atoms with E-state index < -0.39 is 42.4 Å². The van der Waals surface area contributed by atoms with Crippen molar-refractivity contribution >= 4 is 11.6 Å². The number of rotatable bonds is 6. The maximum Gasteiger partial charge on any atom is 0.256 e. The van der Waals surface area contributed by atoms with Gasteiger partial charge in [-0.15, -0.1) is 0 Å². The summed E-state index contributed by atoms with van der Waals surface area (Å²) in [5, 5.41) is 49.4. The Labute approximate surface area is 206 Å². The number of amides is 1. The summed E-state index contributed by atoms with van der Waals surface area (Å²) in [6, 6.07) is 0.589. The Kier molecular flexibility index (Phi) is 7.23. The second-order valence-electron chi connectivity index (χ2n) is 10.4. The maximum absolute atomic E-state index is 13.6. The monoisotopic (exact) mass is 493 g/mol. The molecule has 0 bridgehead atoms. The van der Waals surface area contributed by atoms with Crippen molar-refractivity contribution in [2.45, 2.75) is 95.8 Å². The normalized spacial score (nSPS) is 36.9. The molecular formula is C25H39N3O7. The quantitative estimate of drug-likeness (QED) is 0.323. The number of ether oxygens (including phenoxy) is 2. The lowest BCUT2D eigenvalue weighted by atomic mass is 9.84. The lowest BCUT2D eigenvalue weighted by Crippen LogP contribution is -2.69. The SMILES string of the molecule is CCCCC1CC2C(O)Nc3c(cc(OC4OC(C)C(NC)C(C)(O)C4O)c(C)c3O)C(=O)N2C1. The first kappa shape index (κ1) is 26.0. The number of benzene rings is 1. The summed E-state index contributed by atoms with van der Waals surface area (Å²) in [4.78, 5) is 15.3. The second-order valence-corrected chi connectivity index (χ2v) is 10.4. The van der Waals surface area contributed by atoms with Gasteiger partial charge in [-0.2, -0.15) is 0 Å². The van der Waals surface area contributed by atoms with Crippen molar-refractivity contribution in [1.29, 1.82) is 0 Å². The Balaban J connectivity index is 1.64. The van der Waals surface area contributed by atoms with Crippen LogP contribution in [0.1, 0.15) is 62.4 Å². The highest BCUT2D eigenvalue weighted by atomic mass is 16.7. The number of likely N-dealkylation sites (N-methyl/N-ethyl adjacent to an activating group) is 1. The molecule has 2 fully saturated rings. The summed E-state index contributed by atoms with van der Waals surface area (Å²) in [5.41, 5.74) is -0.888. The van der Waals surface area contributed by atoms with Crippen LogP contribution in [0.5, 0.6) is 11.5 Å². The van der Waals surface area contributed by atoms with E-state index in [0.29, 0.717) is 24.4 Å². The number of unbranched alkanes of at least 4 members (excludes halogenated alkanes) is 1. The number of carbonyl (C=O) groups is 1. The molecule has 1 aromatic rings. The number of nitrogens with zero attached hydrogens (tertiary/aromatic N) is 1.